The molecule has 1 N–H and O–H groups in total. The summed E-state index contributed by atoms with van der Waals surface area (Å²) in [6.45, 7) is 1.79. The summed E-state index contributed by atoms with van der Waals surface area (Å²) < 4.78 is 5.31. The first-order valence-corrected chi connectivity index (χ1v) is 4.35. The van der Waals surface area contributed by atoms with Crippen LogP contribution < -0.4 is 0 Å². The van der Waals surface area contributed by atoms with Gasteiger partial charge in [-0.1, -0.05) is 0 Å². The molecule has 1 aliphatic carbocycles. The Morgan fingerprint density at radius 1 is 1.69 bits per heavy atom. The SMILES string of the molecule is Cc1nc2c(o1)CC(C(=O)O)CC2. The fraction of sp³-hybridized carbons (Fsp3) is 0.556. The molecule has 1 unspecified atom stereocenters. The van der Waals surface area contributed by atoms with Crippen molar-refractivity contribution >= 4 is 5.97 Å². The molecule has 1 heterocycles. The predicted molar refractivity (Wildman–Crippen MR) is 44.4 cm³/mol. The van der Waals surface area contributed by atoms with Gasteiger partial charge in [0.05, 0.1) is 11.6 Å². The molecule has 4 heteroatoms. The highest BCUT2D eigenvalue weighted by atomic mass is 16.4. The van der Waals surface area contributed by atoms with E-state index in [9.17, 15) is 4.79 Å². The number of aryl methyl sites for hydroxylation is 2. The van der Waals surface area contributed by atoms with Crippen LogP contribution in [0.15, 0.2) is 4.42 Å². The molecule has 0 bridgehead atoms. The summed E-state index contributed by atoms with van der Waals surface area (Å²) in [5.74, 6) is 0.367. The summed E-state index contributed by atoms with van der Waals surface area (Å²) in [5.41, 5.74) is 0.940. The van der Waals surface area contributed by atoms with Crippen molar-refractivity contribution in [2.75, 3.05) is 0 Å². The number of oxazole rings is 1. The van der Waals surface area contributed by atoms with Crippen LogP contribution in [0.1, 0.15) is 23.8 Å². The quantitative estimate of drug-likeness (QED) is 0.706. The molecule has 0 radical (unpaired) electrons. The van der Waals surface area contributed by atoms with Gasteiger partial charge in [-0.2, -0.15) is 0 Å². The lowest BCUT2D eigenvalue weighted by atomic mass is 9.91. The number of rotatable bonds is 1. The Hall–Kier alpha value is -1.32. The Kier molecular flexibility index (Phi) is 1.83. The maximum atomic E-state index is 10.7. The molecule has 0 amide bonds. The molecule has 1 aromatic heterocycles. The highest BCUT2D eigenvalue weighted by Crippen LogP contribution is 2.25. The van der Waals surface area contributed by atoms with Crippen LogP contribution in [0.25, 0.3) is 0 Å². The summed E-state index contributed by atoms with van der Waals surface area (Å²) in [6.07, 6.45) is 1.89. The molecular formula is C9H11NO3. The standard InChI is InChI=1S/C9H11NO3/c1-5-10-7-3-2-6(9(11)12)4-8(7)13-5/h6H,2-4H2,1H3,(H,11,12). The molecule has 0 spiro atoms. The van der Waals surface area contributed by atoms with E-state index < -0.39 is 5.97 Å². The van der Waals surface area contributed by atoms with Crippen LogP contribution in [0, 0.1) is 12.8 Å². The van der Waals surface area contributed by atoms with Crippen molar-refractivity contribution < 1.29 is 14.3 Å². The minimum Gasteiger partial charge on any atom is -0.481 e. The van der Waals surface area contributed by atoms with Crippen LogP contribution >= 0.6 is 0 Å². The number of carbonyl (C=O) groups is 1. The average molecular weight is 181 g/mol. The van der Waals surface area contributed by atoms with Crippen molar-refractivity contribution in [1.82, 2.24) is 4.98 Å². The van der Waals surface area contributed by atoms with Gasteiger partial charge in [-0.25, -0.2) is 4.98 Å². The van der Waals surface area contributed by atoms with Gasteiger partial charge in [0, 0.05) is 13.3 Å². The van der Waals surface area contributed by atoms with Gasteiger partial charge >= 0.3 is 5.97 Å². The molecule has 0 saturated heterocycles. The minimum absolute atomic E-state index is 0.292. The highest BCUT2D eigenvalue weighted by Gasteiger charge is 2.27. The molecular weight excluding hydrogens is 170 g/mol. The zero-order valence-electron chi connectivity index (χ0n) is 7.41. The van der Waals surface area contributed by atoms with E-state index in [4.69, 9.17) is 9.52 Å². The van der Waals surface area contributed by atoms with Crippen molar-refractivity contribution in [2.45, 2.75) is 26.2 Å². The van der Waals surface area contributed by atoms with Crippen LogP contribution in [-0.2, 0) is 17.6 Å². The lowest BCUT2D eigenvalue weighted by Crippen LogP contribution is -2.21. The maximum Gasteiger partial charge on any atom is 0.306 e. The lowest BCUT2D eigenvalue weighted by Gasteiger charge is -2.15. The number of hydrogen-bond acceptors (Lipinski definition) is 3. The zero-order chi connectivity index (χ0) is 9.42. The van der Waals surface area contributed by atoms with Gasteiger partial charge in [-0.05, 0) is 12.8 Å². The van der Waals surface area contributed by atoms with E-state index in [1.807, 2.05) is 0 Å². The van der Waals surface area contributed by atoms with Crippen molar-refractivity contribution in [1.29, 1.82) is 0 Å². The number of carboxylic acids is 1. The van der Waals surface area contributed by atoms with Gasteiger partial charge in [0.2, 0.25) is 0 Å². The lowest BCUT2D eigenvalue weighted by molar-refractivity contribution is -0.142. The molecule has 0 saturated carbocycles. The third-order valence-electron chi connectivity index (χ3n) is 2.40. The first-order chi connectivity index (χ1) is 6.16. The Balaban J connectivity index is 2.24. The van der Waals surface area contributed by atoms with E-state index in [0.717, 1.165) is 17.9 Å². The van der Waals surface area contributed by atoms with Crippen LogP contribution in [-0.4, -0.2) is 16.1 Å². The van der Waals surface area contributed by atoms with E-state index in [1.165, 1.54) is 0 Å². The van der Waals surface area contributed by atoms with E-state index >= 15 is 0 Å². The van der Waals surface area contributed by atoms with Crippen molar-refractivity contribution in [3.05, 3.63) is 17.3 Å². The van der Waals surface area contributed by atoms with Crippen LogP contribution in [0.5, 0.6) is 0 Å². The number of aromatic nitrogens is 1. The highest BCUT2D eigenvalue weighted by molar-refractivity contribution is 5.70. The Bertz CT molecular complexity index is 343. The van der Waals surface area contributed by atoms with Crippen molar-refractivity contribution in [2.24, 2.45) is 5.92 Å². The van der Waals surface area contributed by atoms with Crippen molar-refractivity contribution in [3.8, 4) is 0 Å². The fourth-order valence-electron chi connectivity index (χ4n) is 1.71. The molecule has 4 nitrogen and oxygen atoms in total. The molecule has 0 fully saturated rings. The fourth-order valence-corrected chi connectivity index (χ4v) is 1.71. The number of carboxylic acid groups (broad SMARTS) is 1. The Morgan fingerprint density at radius 2 is 2.46 bits per heavy atom. The molecule has 70 valence electrons. The van der Waals surface area contributed by atoms with Gasteiger partial charge in [-0.15, -0.1) is 0 Å². The third-order valence-corrected chi connectivity index (χ3v) is 2.40. The van der Waals surface area contributed by atoms with Gasteiger partial charge < -0.3 is 9.52 Å². The summed E-state index contributed by atoms with van der Waals surface area (Å²) in [6, 6.07) is 0. The molecule has 2 rings (SSSR count). The molecule has 13 heavy (non-hydrogen) atoms. The predicted octanol–water partition coefficient (Wildman–Crippen LogP) is 1.17. The molecule has 1 aromatic rings. The number of nitrogens with zero attached hydrogens (tertiary/aromatic N) is 1. The monoisotopic (exact) mass is 181 g/mol. The van der Waals surface area contributed by atoms with Gasteiger partial charge in [0.15, 0.2) is 5.89 Å². The normalized spacial score (nSPS) is 21.2. The summed E-state index contributed by atoms with van der Waals surface area (Å²) in [7, 11) is 0. The molecule has 1 aliphatic rings. The maximum absolute atomic E-state index is 10.7. The molecule has 0 aliphatic heterocycles. The topological polar surface area (TPSA) is 63.3 Å². The molecule has 0 aromatic carbocycles. The first-order valence-electron chi connectivity index (χ1n) is 4.35. The van der Waals surface area contributed by atoms with Gasteiger partial charge in [0.25, 0.3) is 0 Å². The minimum atomic E-state index is -0.736. The van der Waals surface area contributed by atoms with Gasteiger partial charge in [0.1, 0.15) is 5.76 Å². The van der Waals surface area contributed by atoms with E-state index in [1.54, 1.807) is 6.92 Å². The number of aliphatic carboxylic acids is 1. The van der Waals surface area contributed by atoms with Crippen molar-refractivity contribution in [3.63, 3.8) is 0 Å². The second-order valence-corrected chi connectivity index (χ2v) is 3.38. The second-order valence-electron chi connectivity index (χ2n) is 3.38. The van der Waals surface area contributed by atoms with Crippen LogP contribution in [0.2, 0.25) is 0 Å². The van der Waals surface area contributed by atoms with Gasteiger partial charge in [-0.3, -0.25) is 4.79 Å². The Labute approximate surface area is 75.6 Å². The van der Waals surface area contributed by atoms with E-state index in [-0.39, 0.29) is 5.92 Å². The smallest absolute Gasteiger partial charge is 0.306 e. The summed E-state index contributed by atoms with van der Waals surface area (Å²) >= 11 is 0. The average Bonchev–Trinajstić information content (AvgIpc) is 2.42. The Morgan fingerprint density at radius 3 is 3.15 bits per heavy atom. The van der Waals surface area contributed by atoms with E-state index in [2.05, 4.69) is 4.98 Å². The second kappa shape index (κ2) is 2.87. The largest absolute Gasteiger partial charge is 0.481 e. The number of hydrogen-bond donors (Lipinski definition) is 1. The van der Waals surface area contributed by atoms with Crippen LogP contribution in [0.4, 0.5) is 0 Å². The summed E-state index contributed by atoms with van der Waals surface area (Å²) in [4.78, 5) is 14.9. The summed E-state index contributed by atoms with van der Waals surface area (Å²) in [5, 5.41) is 8.81. The van der Waals surface area contributed by atoms with Crippen LogP contribution in [0.3, 0.4) is 0 Å². The first kappa shape index (κ1) is 8.29. The number of fused-ring (bicyclic) bond motifs is 1. The zero-order valence-corrected chi connectivity index (χ0v) is 7.41. The van der Waals surface area contributed by atoms with E-state index in [0.29, 0.717) is 18.7 Å². The molecule has 1 atom stereocenters. The third kappa shape index (κ3) is 1.43.